The zero-order valence-corrected chi connectivity index (χ0v) is 31.5. The van der Waals surface area contributed by atoms with Gasteiger partial charge in [-0.3, -0.25) is 0 Å². The van der Waals surface area contributed by atoms with Crippen molar-refractivity contribution in [1.82, 2.24) is 0 Å². The number of rotatable bonds is 2. The lowest BCUT2D eigenvalue weighted by atomic mass is 9.99. The number of hydrogen-bond acceptors (Lipinski definition) is 6. The Bertz CT molecular complexity index is 4090. The third-order valence-corrected chi connectivity index (χ3v) is 12.7. The molecule has 0 aliphatic heterocycles. The Morgan fingerprint density at radius 1 is 0.167 bits per heavy atom. The van der Waals surface area contributed by atoms with Gasteiger partial charge in [-0.1, -0.05) is 60.7 Å². The van der Waals surface area contributed by atoms with Gasteiger partial charge in [0.05, 0.1) is 0 Å². The van der Waals surface area contributed by atoms with Crippen LogP contribution < -0.4 is 0 Å². The Balaban J connectivity index is 0.854. The van der Waals surface area contributed by atoms with Crippen LogP contribution in [0.25, 0.3) is 154 Å². The maximum absolute atomic E-state index is 6.44. The molecule has 6 heteroatoms. The summed E-state index contributed by atoms with van der Waals surface area (Å²) in [6.07, 6.45) is 0. The van der Waals surface area contributed by atoms with Crippen LogP contribution in [0.15, 0.2) is 184 Å². The summed E-state index contributed by atoms with van der Waals surface area (Å²) in [6.45, 7) is 0. The van der Waals surface area contributed by atoms with Crippen molar-refractivity contribution < 1.29 is 26.5 Å². The highest BCUT2D eigenvalue weighted by Gasteiger charge is 2.19. The van der Waals surface area contributed by atoms with Gasteiger partial charge in [0, 0.05) is 82.8 Å². The normalized spacial score (nSPS) is 12.7. The van der Waals surface area contributed by atoms with Crippen molar-refractivity contribution in [3.05, 3.63) is 158 Å². The third kappa shape index (κ3) is 4.11. The number of para-hydroxylation sites is 2. The summed E-state index contributed by atoms with van der Waals surface area (Å²) in [4.78, 5) is 0. The molecule has 0 atom stereocenters. The van der Waals surface area contributed by atoms with E-state index < -0.39 is 0 Å². The van der Waals surface area contributed by atoms with Gasteiger partial charge in [0.2, 0.25) is 0 Å². The molecular weight excluding hydrogens is 745 g/mol. The summed E-state index contributed by atoms with van der Waals surface area (Å²) in [5.41, 5.74) is 14.3. The Morgan fingerprint density at radius 3 is 0.700 bits per heavy atom. The molecule has 0 saturated carbocycles. The first kappa shape index (κ1) is 30.9. The average Bonchev–Trinajstić information content (AvgIpc) is 4.13. The first-order chi connectivity index (χ1) is 29.6. The van der Waals surface area contributed by atoms with E-state index in [-0.39, 0.29) is 0 Å². The zero-order valence-electron chi connectivity index (χ0n) is 31.5. The van der Waals surface area contributed by atoms with Crippen molar-refractivity contribution in [3.8, 4) is 22.3 Å². The smallest absolute Gasteiger partial charge is 0.139 e. The van der Waals surface area contributed by atoms with E-state index in [0.29, 0.717) is 0 Å². The summed E-state index contributed by atoms with van der Waals surface area (Å²) in [6, 6.07) is 54.7. The van der Waals surface area contributed by atoms with E-state index in [2.05, 4.69) is 103 Å². The predicted molar refractivity (Wildman–Crippen MR) is 241 cm³/mol. The molecule has 0 radical (unpaired) electrons. The van der Waals surface area contributed by atoms with Gasteiger partial charge in [0.15, 0.2) is 0 Å². The molecule has 0 spiro atoms. The molecule has 0 aliphatic carbocycles. The van der Waals surface area contributed by atoms with Crippen molar-refractivity contribution in [2.45, 2.75) is 0 Å². The first-order valence-electron chi connectivity index (χ1n) is 20.0. The van der Waals surface area contributed by atoms with Crippen molar-refractivity contribution in [1.29, 1.82) is 0 Å². The number of fused-ring (bicyclic) bond motifs is 18. The standard InChI is InChI=1S/C54H26O6/c1-3-7-43-31(5-1)37-21-39-33-17-27(9-13-45(33)57-51(39)24-49(37)55-43)29-11-15-47-35(19-29)41-23-42-36-20-30(12-16-48(36)60-54(42)26-53(41)59-47)28-10-14-46-34(18-28)40-22-38-32-6-2-4-8-44(32)56-50(38)25-52(40)58-46/h1-26H. The molecule has 278 valence electrons. The largest absolute Gasteiger partial charge is 0.456 e. The molecule has 60 heavy (non-hydrogen) atoms. The van der Waals surface area contributed by atoms with Gasteiger partial charge >= 0.3 is 0 Å². The minimum atomic E-state index is 0.790. The van der Waals surface area contributed by atoms with E-state index in [0.717, 1.165) is 154 Å². The summed E-state index contributed by atoms with van der Waals surface area (Å²) in [5.74, 6) is 0. The van der Waals surface area contributed by atoms with Crippen LogP contribution in [0.2, 0.25) is 0 Å². The van der Waals surface area contributed by atoms with E-state index >= 15 is 0 Å². The van der Waals surface area contributed by atoms with Crippen molar-refractivity contribution in [2.24, 2.45) is 0 Å². The van der Waals surface area contributed by atoms with Crippen molar-refractivity contribution in [3.63, 3.8) is 0 Å². The molecule has 15 rings (SSSR count). The number of furan rings is 6. The maximum atomic E-state index is 6.44. The minimum absolute atomic E-state index is 0.790. The molecule has 0 aliphatic rings. The van der Waals surface area contributed by atoms with Crippen LogP contribution in [-0.4, -0.2) is 0 Å². The van der Waals surface area contributed by atoms with Crippen molar-refractivity contribution in [2.75, 3.05) is 0 Å². The lowest BCUT2D eigenvalue weighted by Crippen LogP contribution is -1.79. The van der Waals surface area contributed by atoms with Crippen LogP contribution in [0.4, 0.5) is 0 Å². The van der Waals surface area contributed by atoms with Crippen LogP contribution in [0, 0.1) is 0 Å². The van der Waals surface area contributed by atoms with Crippen LogP contribution >= 0.6 is 0 Å². The predicted octanol–water partition coefficient (Wildman–Crippen LogP) is 16.4. The molecule has 9 aromatic carbocycles. The monoisotopic (exact) mass is 770 g/mol. The lowest BCUT2D eigenvalue weighted by Gasteiger charge is -2.03. The van der Waals surface area contributed by atoms with E-state index in [4.69, 9.17) is 26.5 Å². The van der Waals surface area contributed by atoms with Gasteiger partial charge in [-0.2, -0.15) is 0 Å². The zero-order chi connectivity index (χ0) is 38.8. The summed E-state index contributed by atoms with van der Waals surface area (Å²) in [7, 11) is 0. The van der Waals surface area contributed by atoms with Crippen LogP contribution in [0.1, 0.15) is 0 Å². The summed E-state index contributed by atoms with van der Waals surface area (Å²) >= 11 is 0. The molecule has 0 amide bonds. The van der Waals surface area contributed by atoms with Crippen LogP contribution in [-0.2, 0) is 0 Å². The molecule has 0 saturated heterocycles. The fourth-order valence-electron chi connectivity index (χ4n) is 9.76. The van der Waals surface area contributed by atoms with Crippen molar-refractivity contribution >= 4 is 132 Å². The molecule has 6 heterocycles. The fraction of sp³-hybridized carbons (Fsp3) is 0. The highest BCUT2D eigenvalue weighted by atomic mass is 16.4. The summed E-state index contributed by atoms with van der Waals surface area (Å²) < 4.78 is 37.8. The highest BCUT2D eigenvalue weighted by Crippen LogP contribution is 2.43. The molecule has 6 aromatic heterocycles. The third-order valence-electron chi connectivity index (χ3n) is 12.7. The molecular formula is C54H26O6. The molecule has 6 nitrogen and oxygen atoms in total. The molecule has 0 bridgehead atoms. The summed E-state index contributed by atoms with van der Waals surface area (Å²) in [5, 5.41) is 12.8. The SMILES string of the molecule is c1ccc2c(c1)oc1cc3oc4ccc(-c5ccc6oc7cc8oc9ccc(-c%10ccc%11oc%12cc%13oc%14ccccc%14c%13cc%12c%11c%10)cc9c8cc7c6c5)cc4c3cc12. The quantitative estimate of drug-likeness (QED) is 0.174. The fourth-order valence-corrected chi connectivity index (χ4v) is 9.76. The van der Waals surface area contributed by atoms with Gasteiger partial charge in [-0.15, -0.1) is 0 Å². The second kappa shape index (κ2) is 10.8. The second-order valence-electron chi connectivity index (χ2n) is 16.0. The van der Waals surface area contributed by atoms with Crippen LogP contribution in [0.5, 0.6) is 0 Å². The molecule has 0 unspecified atom stereocenters. The second-order valence-corrected chi connectivity index (χ2v) is 16.0. The molecule has 15 aromatic rings. The first-order valence-corrected chi connectivity index (χ1v) is 20.0. The molecule has 0 fully saturated rings. The molecule has 0 N–H and O–H groups in total. The Kier molecular flexibility index (Phi) is 5.57. The van der Waals surface area contributed by atoms with Crippen LogP contribution in [0.3, 0.4) is 0 Å². The maximum Gasteiger partial charge on any atom is 0.139 e. The average molecular weight is 771 g/mol. The van der Waals surface area contributed by atoms with E-state index in [9.17, 15) is 0 Å². The lowest BCUT2D eigenvalue weighted by molar-refractivity contribution is 0.655. The minimum Gasteiger partial charge on any atom is -0.456 e. The highest BCUT2D eigenvalue weighted by molar-refractivity contribution is 6.19. The van der Waals surface area contributed by atoms with E-state index in [1.54, 1.807) is 0 Å². The Hall–Kier alpha value is -8.22. The number of benzene rings is 9. The van der Waals surface area contributed by atoms with Gasteiger partial charge in [-0.25, -0.2) is 0 Å². The van der Waals surface area contributed by atoms with E-state index in [1.165, 1.54) is 0 Å². The van der Waals surface area contributed by atoms with Gasteiger partial charge in [-0.05, 0) is 101 Å². The number of hydrogen-bond donors (Lipinski definition) is 0. The Morgan fingerprint density at radius 2 is 0.400 bits per heavy atom. The van der Waals surface area contributed by atoms with E-state index in [1.807, 2.05) is 54.6 Å². The van der Waals surface area contributed by atoms with Gasteiger partial charge < -0.3 is 26.5 Å². The topological polar surface area (TPSA) is 78.8 Å². The Labute approximate surface area is 336 Å². The van der Waals surface area contributed by atoms with Gasteiger partial charge in [0.1, 0.15) is 67.0 Å². The van der Waals surface area contributed by atoms with Gasteiger partial charge in [0.25, 0.3) is 0 Å².